The number of anilines is 1. The Bertz CT molecular complexity index is 946. The van der Waals surface area contributed by atoms with Crippen molar-refractivity contribution < 1.29 is 13.2 Å². The molecule has 1 aliphatic rings. The Balaban J connectivity index is 1.74. The van der Waals surface area contributed by atoms with Gasteiger partial charge < -0.3 is 5.32 Å². The lowest BCUT2D eigenvalue weighted by atomic mass is 10.1. The molecule has 2 aromatic rings. The van der Waals surface area contributed by atoms with Crippen LogP contribution in [0.2, 0.25) is 0 Å². The first-order chi connectivity index (χ1) is 13.4. The number of nitrogens with zero attached hydrogens (tertiary/aromatic N) is 1. The maximum Gasteiger partial charge on any atom is 0.243 e. The predicted molar refractivity (Wildman–Crippen MR) is 112 cm³/mol. The van der Waals surface area contributed by atoms with Gasteiger partial charge in [-0.25, -0.2) is 8.42 Å². The molecule has 0 bridgehead atoms. The molecule has 0 aromatic heterocycles. The number of carbonyl (C=O) groups excluding carboxylic acids is 1. The maximum absolute atomic E-state index is 13.0. The molecule has 5 nitrogen and oxygen atoms in total. The van der Waals surface area contributed by atoms with Gasteiger partial charge in [0.15, 0.2) is 5.78 Å². The van der Waals surface area contributed by atoms with Crippen molar-refractivity contribution in [3.05, 3.63) is 59.2 Å². The Morgan fingerprint density at radius 1 is 1.00 bits per heavy atom. The summed E-state index contributed by atoms with van der Waals surface area (Å²) in [6, 6.07) is 12.5. The van der Waals surface area contributed by atoms with Crippen LogP contribution in [0.3, 0.4) is 0 Å². The van der Waals surface area contributed by atoms with Gasteiger partial charge in [0, 0.05) is 24.3 Å². The SMILES string of the molecule is Cc1ccc(C)c(NCC(=O)c2cccc(S(=O)(=O)N3CCCCCC3)c2)c1. The molecule has 0 atom stereocenters. The molecule has 0 radical (unpaired) electrons. The van der Waals surface area contributed by atoms with E-state index in [4.69, 9.17) is 0 Å². The van der Waals surface area contributed by atoms with Gasteiger partial charge in [0.25, 0.3) is 0 Å². The topological polar surface area (TPSA) is 66.5 Å². The van der Waals surface area contributed by atoms with E-state index in [1.165, 1.54) is 6.07 Å². The number of aryl methyl sites for hydroxylation is 2. The molecular formula is C22H28N2O3S. The Morgan fingerprint density at radius 3 is 2.43 bits per heavy atom. The van der Waals surface area contributed by atoms with Gasteiger partial charge in [-0.15, -0.1) is 0 Å². The largest absolute Gasteiger partial charge is 0.377 e. The van der Waals surface area contributed by atoms with E-state index in [1.807, 2.05) is 32.0 Å². The van der Waals surface area contributed by atoms with Gasteiger partial charge in [-0.1, -0.05) is 37.1 Å². The van der Waals surface area contributed by atoms with E-state index in [1.54, 1.807) is 22.5 Å². The second-order valence-corrected chi connectivity index (χ2v) is 9.38. The number of ketones is 1. The first-order valence-corrected chi connectivity index (χ1v) is 11.3. The molecule has 1 N–H and O–H groups in total. The molecule has 2 aromatic carbocycles. The van der Waals surface area contributed by atoms with E-state index in [9.17, 15) is 13.2 Å². The number of rotatable bonds is 6. The fourth-order valence-corrected chi connectivity index (χ4v) is 5.03. The van der Waals surface area contributed by atoms with Crippen LogP contribution in [0.4, 0.5) is 5.69 Å². The third kappa shape index (κ3) is 4.80. The lowest BCUT2D eigenvalue weighted by Gasteiger charge is -2.20. The summed E-state index contributed by atoms with van der Waals surface area (Å²) in [6.07, 6.45) is 3.90. The fraction of sp³-hybridized carbons (Fsp3) is 0.409. The Labute approximate surface area is 167 Å². The molecule has 1 heterocycles. The molecule has 1 fully saturated rings. The summed E-state index contributed by atoms with van der Waals surface area (Å²) in [5.74, 6) is -0.131. The van der Waals surface area contributed by atoms with Crippen molar-refractivity contribution in [2.45, 2.75) is 44.4 Å². The molecule has 0 saturated carbocycles. The lowest BCUT2D eigenvalue weighted by molar-refractivity contribution is 0.101. The molecule has 1 saturated heterocycles. The van der Waals surface area contributed by atoms with Gasteiger partial charge in [-0.3, -0.25) is 4.79 Å². The number of hydrogen-bond donors (Lipinski definition) is 1. The minimum atomic E-state index is -3.56. The Hall–Kier alpha value is -2.18. The fourth-order valence-electron chi connectivity index (χ4n) is 3.46. The van der Waals surface area contributed by atoms with Crippen LogP contribution >= 0.6 is 0 Å². The predicted octanol–water partition coefficient (Wildman–Crippen LogP) is 4.16. The van der Waals surface area contributed by atoms with E-state index in [-0.39, 0.29) is 17.2 Å². The Morgan fingerprint density at radius 2 is 1.71 bits per heavy atom. The summed E-state index contributed by atoms with van der Waals surface area (Å²) in [5.41, 5.74) is 3.51. The van der Waals surface area contributed by atoms with Crippen molar-refractivity contribution in [1.82, 2.24) is 4.31 Å². The summed E-state index contributed by atoms with van der Waals surface area (Å²) < 4.78 is 27.5. The van der Waals surface area contributed by atoms with Gasteiger partial charge in [-0.05, 0) is 56.0 Å². The van der Waals surface area contributed by atoms with Crippen LogP contribution < -0.4 is 5.32 Å². The summed E-state index contributed by atoms with van der Waals surface area (Å²) >= 11 is 0. The minimum absolute atomic E-state index is 0.123. The highest BCUT2D eigenvalue weighted by Gasteiger charge is 2.25. The van der Waals surface area contributed by atoms with E-state index < -0.39 is 10.0 Å². The number of hydrogen-bond acceptors (Lipinski definition) is 4. The second-order valence-electron chi connectivity index (χ2n) is 7.44. The van der Waals surface area contributed by atoms with E-state index in [2.05, 4.69) is 5.32 Å². The molecule has 0 amide bonds. The number of benzene rings is 2. The monoisotopic (exact) mass is 400 g/mol. The number of nitrogens with one attached hydrogen (secondary N) is 1. The first kappa shape index (κ1) is 20.6. The minimum Gasteiger partial charge on any atom is -0.377 e. The second kappa shape index (κ2) is 8.88. The average Bonchev–Trinajstić information content (AvgIpc) is 2.98. The van der Waals surface area contributed by atoms with Crippen molar-refractivity contribution in [3.8, 4) is 0 Å². The van der Waals surface area contributed by atoms with Crippen molar-refractivity contribution in [2.75, 3.05) is 25.0 Å². The van der Waals surface area contributed by atoms with E-state index in [0.29, 0.717) is 18.7 Å². The summed E-state index contributed by atoms with van der Waals surface area (Å²) in [7, 11) is -3.56. The van der Waals surface area contributed by atoms with Crippen molar-refractivity contribution in [3.63, 3.8) is 0 Å². The van der Waals surface area contributed by atoms with Gasteiger partial charge in [-0.2, -0.15) is 4.31 Å². The molecule has 6 heteroatoms. The van der Waals surface area contributed by atoms with Crippen LogP contribution in [0.25, 0.3) is 0 Å². The highest BCUT2D eigenvalue weighted by molar-refractivity contribution is 7.89. The van der Waals surface area contributed by atoms with Crippen molar-refractivity contribution >= 4 is 21.5 Å². The van der Waals surface area contributed by atoms with E-state index in [0.717, 1.165) is 42.5 Å². The molecule has 1 aliphatic heterocycles. The molecule has 3 rings (SSSR count). The first-order valence-electron chi connectivity index (χ1n) is 9.82. The van der Waals surface area contributed by atoms with Crippen LogP contribution in [-0.2, 0) is 10.0 Å². The van der Waals surface area contributed by atoms with Gasteiger partial charge in [0.05, 0.1) is 11.4 Å². The molecule has 28 heavy (non-hydrogen) atoms. The molecule has 0 aliphatic carbocycles. The third-order valence-corrected chi connectivity index (χ3v) is 7.09. The third-order valence-electron chi connectivity index (χ3n) is 5.19. The van der Waals surface area contributed by atoms with Gasteiger partial charge in [0.1, 0.15) is 0 Å². The summed E-state index contributed by atoms with van der Waals surface area (Å²) in [6.45, 7) is 5.21. The van der Waals surface area contributed by atoms with Gasteiger partial charge >= 0.3 is 0 Å². The van der Waals surface area contributed by atoms with Crippen molar-refractivity contribution in [2.24, 2.45) is 0 Å². The summed E-state index contributed by atoms with van der Waals surface area (Å²) in [5, 5.41) is 3.17. The highest BCUT2D eigenvalue weighted by Crippen LogP contribution is 2.22. The maximum atomic E-state index is 13.0. The zero-order valence-corrected chi connectivity index (χ0v) is 17.4. The Kier molecular flexibility index (Phi) is 6.52. The zero-order valence-electron chi connectivity index (χ0n) is 16.6. The smallest absolute Gasteiger partial charge is 0.243 e. The summed E-state index contributed by atoms with van der Waals surface area (Å²) in [4.78, 5) is 12.9. The molecule has 0 spiro atoms. The van der Waals surface area contributed by atoms with Crippen LogP contribution in [-0.4, -0.2) is 38.1 Å². The van der Waals surface area contributed by atoms with Crippen LogP contribution in [0.5, 0.6) is 0 Å². The van der Waals surface area contributed by atoms with Gasteiger partial charge in [0.2, 0.25) is 10.0 Å². The van der Waals surface area contributed by atoms with Crippen LogP contribution in [0.15, 0.2) is 47.4 Å². The zero-order chi connectivity index (χ0) is 20.1. The molecule has 150 valence electrons. The normalized spacial score (nSPS) is 15.8. The van der Waals surface area contributed by atoms with Crippen LogP contribution in [0, 0.1) is 13.8 Å². The number of carbonyl (C=O) groups is 1. The van der Waals surface area contributed by atoms with Crippen molar-refractivity contribution in [1.29, 1.82) is 0 Å². The lowest BCUT2D eigenvalue weighted by Crippen LogP contribution is -2.32. The quantitative estimate of drug-likeness (QED) is 0.740. The van der Waals surface area contributed by atoms with E-state index >= 15 is 0 Å². The average molecular weight is 401 g/mol. The number of Topliss-reactive ketones (excluding diaryl/α,β-unsaturated/α-hetero) is 1. The van der Waals surface area contributed by atoms with Crippen LogP contribution in [0.1, 0.15) is 47.2 Å². The molecular weight excluding hydrogens is 372 g/mol. The highest BCUT2D eigenvalue weighted by atomic mass is 32.2. The number of sulfonamides is 1. The molecule has 0 unspecified atom stereocenters. The standard InChI is InChI=1S/C22H28N2O3S/c1-17-10-11-18(2)21(14-17)23-16-22(25)19-8-7-9-20(15-19)28(26,27)24-12-5-3-4-6-13-24/h7-11,14-15,23H,3-6,12-13,16H2,1-2H3.